The van der Waals surface area contributed by atoms with E-state index in [1.165, 1.54) is 25.4 Å². The van der Waals surface area contributed by atoms with Crippen LogP contribution in [0.15, 0.2) is 46.6 Å². The first kappa shape index (κ1) is 22.4. The highest BCUT2D eigenvalue weighted by atomic mass is 16.5. The summed E-state index contributed by atoms with van der Waals surface area (Å²) < 4.78 is 16.2. The van der Waals surface area contributed by atoms with Crippen LogP contribution in [0, 0.1) is 0 Å². The largest absolute Gasteiger partial charge is 0.507 e. The van der Waals surface area contributed by atoms with Crippen molar-refractivity contribution in [3.8, 4) is 11.5 Å². The van der Waals surface area contributed by atoms with Gasteiger partial charge in [-0.2, -0.15) is 0 Å². The van der Waals surface area contributed by atoms with Crippen LogP contribution in [0.25, 0.3) is 5.76 Å². The molecule has 3 rings (SSSR count). The van der Waals surface area contributed by atoms with Gasteiger partial charge in [-0.05, 0) is 43.4 Å². The molecule has 31 heavy (non-hydrogen) atoms. The number of likely N-dealkylation sites (N-methyl/N-ethyl adjacent to an activating group) is 1. The van der Waals surface area contributed by atoms with E-state index in [1.807, 2.05) is 13.8 Å². The van der Waals surface area contributed by atoms with E-state index in [9.17, 15) is 14.7 Å². The summed E-state index contributed by atoms with van der Waals surface area (Å²) in [5, 5.41) is 11.2. The average molecular weight is 428 g/mol. The first-order valence-electron chi connectivity index (χ1n) is 10.2. The van der Waals surface area contributed by atoms with Crippen molar-refractivity contribution in [2.45, 2.75) is 19.9 Å². The molecule has 0 spiro atoms. The van der Waals surface area contributed by atoms with Gasteiger partial charge in [-0.25, -0.2) is 0 Å². The summed E-state index contributed by atoms with van der Waals surface area (Å²) in [5.41, 5.74) is 0.228. The predicted molar refractivity (Wildman–Crippen MR) is 115 cm³/mol. The lowest BCUT2D eigenvalue weighted by Crippen LogP contribution is -2.37. The fourth-order valence-electron chi connectivity index (χ4n) is 3.79. The summed E-state index contributed by atoms with van der Waals surface area (Å²) in [5.74, 6) is -0.526. The predicted octanol–water partition coefficient (Wildman–Crippen LogP) is 3.06. The van der Waals surface area contributed by atoms with Crippen LogP contribution in [-0.2, 0) is 9.59 Å². The summed E-state index contributed by atoms with van der Waals surface area (Å²) >= 11 is 0. The molecule has 8 nitrogen and oxygen atoms in total. The summed E-state index contributed by atoms with van der Waals surface area (Å²) in [6.45, 7) is 6.65. The number of aliphatic hydroxyl groups excluding tert-OH is 1. The lowest BCUT2D eigenvalue weighted by atomic mass is 9.98. The summed E-state index contributed by atoms with van der Waals surface area (Å²) in [4.78, 5) is 29.6. The van der Waals surface area contributed by atoms with E-state index >= 15 is 0 Å². The molecule has 1 aliphatic heterocycles. The third-order valence-electron chi connectivity index (χ3n) is 5.57. The second-order valence-electron chi connectivity index (χ2n) is 7.10. The first-order chi connectivity index (χ1) is 15.0. The van der Waals surface area contributed by atoms with Gasteiger partial charge >= 0.3 is 0 Å². The van der Waals surface area contributed by atoms with E-state index in [2.05, 4.69) is 4.90 Å². The molecule has 1 aromatic carbocycles. The van der Waals surface area contributed by atoms with Crippen molar-refractivity contribution in [2.24, 2.45) is 0 Å². The van der Waals surface area contributed by atoms with Crippen LogP contribution in [0.3, 0.4) is 0 Å². The van der Waals surface area contributed by atoms with E-state index < -0.39 is 17.7 Å². The molecule has 1 N–H and O–H groups in total. The normalized spacial score (nSPS) is 18.1. The van der Waals surface area contributed by atoms with E-state index in [4.69, 9.17) is 13.9 Å². The van der Waals surface area contributed by atoms with Gasteiger partial charge in [-0.1, -0.05) is 13.8 Å². The maximum Gasteiger partial charge on any atom is 0.295 e. The molecule has 8 heteroatoms. The number of likely N-dealkylation sites (tertiary alicyclic amines) is 1. The van der Waals surface area contributed by atoms with Crippen LogP contribution in [0.1, 0.15) is 31.2 Å². The Hall–Kier alpha value is -3.26. The number of ketones is 1. The van der Waals surface area contributed by atoms with Crippen molar-refractivity contribution in [1.29, 1.82) is 0 Å². The molecule has 1 saturated heterocycles. The Morgan fingerprint density at radius 1 is 1.16 bits per heavy atom. The number of nitrogens with zero attached hydrogens (tertiary/aromatic N) is 2. The molecule has 1 fully saturated rings. The number of rotatable bonds is 9. The Morgan fingerprint density at radius 3 is 2.48 bits per heavy atom. The number of hydrogen-bond donors (Lipinski definition) is 1. The van der Waals surface area contributed by atoms with Gasteiger partial charge < -0.3 is 28.8 Å². The molecule has 2 heterocycles. The highest BCUT2D eigenvalue weighted by Gasteiger charge is 2.47. The van der Waals surface area contributed by atoms with Crippen molar-refractivity contribution in [3.05, 3.63) is 53.5 Å². The SMILES string of the molecule is CCN(CC)CCN1C(=O)C(=O)/C(=C(\O)c2cc(OC)ccc2OC)C1c1ccco1. The first-order valence-corrected chi connectivity index (χ1v) is 10.2. The molecule has 1 atom stereocenters. The smallest absolute Gasteiger partial charge is 0.295 e. The Bertz CT molecular complexity index is 962. The molecule has 0 saturated carbocycles. The van der Waals surface area contributed by atoms with Crippen LogP contribution in [0.2, 0.25) is 0 Å². The van der Waals surface area contributed by atoms with Crippen molar-refractivity contribution in [1.82, 2.24) is 9.80 Å². The highest BCUT2D eigenvalue weighted by molar-refractivity contribution is 6.46. The van der Waals surface area contributed by atoms with Gasteiger partial charge in [0.25, 0.3) is 11.7 Å². The second-order valence-corrected chi connectivity index (χ2v) is 7.10. The molecule has 0 bridgehead atoms. The molecule has 2 aromatic rings. The number of carbonyl (C=O) groups excluding carboxylic acids is 2. The number of amides is 1. The lowest BCUT2D eigenvalue weighted by molar-refractivity contribution is -0.140. The summed E-state index contributed by atoms with van der Waals surface area (Å²) in [6, 6.07) is 7.43. The lowest BCUT2D eigenvalue weighted by Gasteiger charge is -2.26. The van der Waals surface area contributed by atoms with E-state index in [0.29, 0.717) is 30.3 Å². The summed E-state index contributed by atoms with van der Waals surface area (Å²) in [7, 11) is 2.96. The number of methoxy groups -OCH3 is 2. The minimum Gasteiger partial charge on any atom is -0.507 e. The molecule has 1 aliphatic rings. The van der Waals surface area contributed by atoms with Gasteiger partial charge in [0.15, 0.2) is 0 Å². The van der Waals surface area contributed by atoms with Gasteiger partial charge in [-0.3, -0.25) is 9.59 Å². The average Bonchev–Trinajstić information content (AvgIpc) is 3.41. The van der Waals surface area contributed by atoms with Crippen LogP contribution in [0.4, 0.5) is 0 Å². The molecular weight excluding hydrogens is 400 g/mol. The zero-order chi connectivity index (χ0) is 22.5. The third-order valence-corrected chi connectivity index (χ3v) is 5.57. The Labute approximate surface area is 181 Å². The fraction of sp³-hybridized carbons (Fsp3) is 0.391. The monoisotopic (exact) mass is 428 g/mol. The van der Waals surface area contributed by atoms with Crippen molar-refractivity contribution < 1.29 is 28.6 Å². The van der Waals surface area contributed by atoms with Gasteiger partial charge in [0.05, 0.1) is 31.6 Å². The number of Topliss-reactive ketones (excluding diaryl/α,β-unsaturated/α-hetero) is 1. The number of hydrogen-bond acceptors (Lipinski definition) is 7. The molecule has 0 radical (unpaired) electrons. The fourth-order valence-corrected chi connectivity index (χ4v) is 3.79. The third kappa shape index (κ3) is 4.29. The minimum atomic E-state index is -0.832. The molecule has 1 unspecified atom stereocenters. The standard InChI is InChI=1S/C23H28N2O6/c1-5-24(6-2)11-12-25-20(18-8-7-13-31-18)19(22(27)23(25)28)21(26)16-14-15(29-3)9-10-17(16)30-4/h7-10,13-14,20,26H,5-6,11-12H2,1-4H3/b21-19-. The van der Waals surface area contributed by atoms with Gasteiger partial charge in [0.2, 0.25) is 0 Å². The van der Waals surface area contributed by atoms with Crippen LogP contribution in [-0.4, -0.2) is 67.0 Å². The zero-order valence-corrected chi connectivity index (χ0v) is 18.3. The minimum absolute atomic E-state index is 0.0361. The maximum atomic E-state index is 13.0. The van der Waals surface area contributed by atoms with E-state index in [1.54, 1.807) is 30.3 Å². The topological polar surface area (TPSA) is 92.5 Å². The van der Waals surface area contributed by atoms with Crippen LogP contribution >= 0.6 is 0 Å². The Kier molecular flexibility index (Phi) is 7.02. The molecule has 1 aromatic heterocycles. The van der Waals surface area contributed by atoms with E-state index in [-0.39, 0.29) is 16.9 Å². The molecule has 166 valence electrons. The van der Waals surface area contributed by atoms with Gasteiger partial charge in [0, 0.05) is 13.1 Å². The number of carbonyl (C=O) groups is 2. The number of benzene rings is 1. The van der Waals surface area contributed by atoms with Gasteiger partial charge in [-0.15, -0.1) is 0 Å². The van der Waals surface area contributed by atoms with Crippen molar-refractivity contribution >= 4 is 17.4 Å². The molecule has 0 aliphatic carbocycles. The summed E-state index contributed by atoms with van der Waals surface area (Å²) in [6.07, 6.45) is 1.48. The van der Waals surface area contributed by atoms with Crippen LogP contribution in [0.5, 0.6) is 11.5 Å². The quantitative estimate of drug-likeness (QED) is 0.373. The number of aliphatic hydroxyl groups is 1. The maximum absolute atomic E-state index is 13.0. The molecule has 1 amide bonds. The van der Waals surface area contributed by atoms with Crippen LogP contribution < -0.4 is 9.47 Å². The van der Waals surface area contributed by atoms with Crippen molar-refractivity contribution in [3.63, 3.8) is 0 Å². The van der Waals surface area contributed by atoms with Gasteiger partial charge in [0.1, 0.15) is 29.1 Å². The number of furan rings is 1. The van der Waals surface area contributed by atoms with Crippen molar-refractivity contribution in [2.75, 3.05) is 40.4 Å². The van der Waals surface area contributed by atoms with E-state index in [0.717, 1.165) is 13.1 Å². The Morgan fingerprint density at radius 2 is 1.90 bits per heavy atom. The second kappa shape index (κ2) is 9.70. The zero-order valence-electron chi connectivity index (χ0n) is 18.3. The molecular formula is C23H28N2O6. The highest BCUT2D eigenvalue weighted by Crippen LogP contribution is 2.41. The number of ether oxygens (including phenoxy) is 2. The Balaban J connectivity index is 2.11.